The highest BCUT2D eigenvalue weighted by Crippen LogP contribution is 2.35. The molecule has 0 spiro atoms. The van der Waals surface area contributed by atoms with E-state index < -0.39 is 0 Å². The molecule has 0 aromatic carbocycles. The lowest BCUT2D eigenvalue weighted by atomic mass is 10.0. The second-order valence-corrected chi connectivity index (χ2v) is 7.63. The first kappa shape index (κ1) is 14.5. The van der Waals surface area contributed by atoms with Crippen molar-refractivity contribution in [1.82, 2.24) is 10.3 Å². The Kier molecular flexibility index (Phi) is 5.11. The van der Waals surface area contributed by atoms with Crippen molar-refractivity contribution in [3.8, 4) is 0 Å². The normalized spacial score (nSPS) is 21.1. The summed E-state index contributed by atoms with van der Waals surface area (Å²) in [5.41, 5.74) is 1.39. The predicted molar refractivity (Wildman–Crippen MR) is 86.4 cm³/mol. The fourth-order valence-corrected chi connectivity index (χ4v) is 4.43. The van der Waals surface area contributed by atoms with E-state index in [0.717, 1.165) is 24.9 Å². The highest BCUT2D eigenvalue weighted by molar-refractivity contribution is 7.11. The molecule has 0 unspecified atom stereocenters. The third-order valence-electron chi connectivity index (χ3n) is 4.61. The van der Waals surface area contributed by atoms with E-state index in [1.165, 1.54) is 73.4 Å². The molecule has 1 heterocycles. The van der Waals surface area contributed by atoms with Crippen molar-refractivity contribution in [2.75, 3.05) is 0 Å². The molecule has 1 aromatic heterocycles. The maximum atomic E-state index is 5.04. The molecule has 0 bridgehead atoms. The zero-order valence-corrected chi connectivity index (χ0v) is 13.6. The molecule has 0 atom stereocenters. The maximum Gasteiger partial charge on any atom is 0.0962 e. The van der Waals surface area contributed by atoms with Crippen LogP contribution in [0, 0.1) is 0 Å². The van der Waals surface area contributed by atoms with Gasteiger partial charge in [0.15, 0.2) is 0 Å². The fraction of sp³-hybridized carbons (Fsp3) is 0.824. The molecule has 2 saturated carbocycles. The van der Waals surface area contributed by atoms with Gasteiger partial charge in [-0.1, -0.05) is 39.0 Å². The first-order valence-electron chi connectivity index (χ1n) is 8.58. The van der Waals surface area contributed by atoms with Crippen molar-refractivity contribution < 1.29 is 0 Å². The van der Waals surface area contributed by atoms with Crippen LogP contribution in [0.3, 0.4) is 0 Å². The number of rotatable bonds is 6. The van der Waals surface area contributed by atoms with Crippen LogP contribution in [-0.4, -0.2) is 11.0 Å². The summed E-state index contributed by atoms with van der Waals surface area (Å²) in [6, 6.07) is 0.799. The molecule has 2 aliphatic rings. The number of nitrogens with zero attached hydrogens (tertiary/aromatic N) is 1. The number of nitrogens with one attached hydrogen (secondary N) is 1. The lowest BCUT2D eigenvalue weighted by Crippen LogP contribution is -2.15. The first-order valence-corrected chi connectivity index (χ1v) is 9.40. The lowest BCUT2D eigenvalue weighted by Gasteiger charge is -2.09. The minimum Gasteiger partial charge on any atom is -0.309 e. The molecule has 1 N–H and O–H groups in total. The van der Waals surface area contributed by atoms with E-state index in [9.17, 15) is 0 Å². The average molecular weight is 292 g/mol. The van der Waals surface area contributed by atoms with Crippen molar-refractivity contribution in [3.05, 3.63) is 15.6 Å². The minimum atomic E-state index is 0.757. The maximum absolute atomic E-state index is 5.04. The van der Waals surface area contributed by atoms with Crippen molar-refractivity contribution in [1.29, 1.82) is 0 Å². The molecule has 3 rings (SSSR count). The Bertz CT molecular complexity index is 415. The summed E-state index contributed by atoms with van der Waals surface area (Å²) in [7, 11) is 0. The molecule has 2 aliphatic carbocycles. The van der Waals surface area contributed by atoms with E-state index >= 15 is 0 Å². The zero-order valence-electron chi connectivity index (χ0n) is 12.8. The molecule has 2 fully saturated rings. The van der Waals surface area contributed by atoms with Crippen molar-refractivity contribution in [2.24, 2.45) is 0 Å². The van der Waals surface area contributed by atoms with Crippen LogP contribution in [0.25, 0.3) is 0 Å². The highest BCUT2D eigenvalue weighted by Gasteiger charge is 2.23. The molecule has 20 heavy (non-hydrogen) atoms. The van der Waals surface area contributed by atoms with Crippen LogP contribution in [0.15, 0.2) is 0 Å². The van der Waals surface area contributed by atoms with Crippen LogP contribution in [0.2, 0.25) is 0 Å². The van der Waals surface area contributed by atoms with Gasteiger partial charge in [0, 0.05) is 23.4 Å². The van der Waals surface area contributed by atoms with Gasteiger partial charge in [-0.25, -0.2) is 4.98 Å². The van der Waals surface area contributed by atoms with E-state index in [0.29, 0.717) is 0 Å². The highest BCUT2D eigenvalue weighted by atomic mass is 32.1. The first-order chi connectivity index (χ1) is 9.86. The van der Waals surface area contributed by atoms with Gasteiger partial charge in [0.1, 0.15) is 0 Å². The Morgan fingerprint density at radius 3 is 2.50 bits per heavy atom. The summed E-state index contributed by atoms with van der Waals surface area (Å²) in [5, 5.41) is 5.12. The molecule has 2 nitrogen and oxygen atoms in total. The standard InChI is InChI=1S/C17H28N2S/c1-2-7-15-16(12-18-14-10-11-14)20-17(19-15)13-8-5-3-4-6-9-13/h13-14,18H,2-12H2,1H3. The van der Waals surface area contributed by atoms with Gasteiger partial charge in [-0.2, -0.15) is 0 Å². The predicted octanol–water partition coefficient (Wildman–Crippen LogP) is 4.79. The van der Waals surface area contributed by atoms with Crippen molar-refractivity contribution in [2.45, 2.75) is 89.6 Å². The van der Waals surface area contributed by atoms with Gasteiger partial charge < -0.3 is 5.32 Å². The van der Waals surface area contributed by atoms with Crippen LogP contribution >= 0.6 is 11.3 Å². The molecule has 0 saturated heterocycles. The molecule has 112 valence electrons. The SMILES string of the molecule is CCCc1nc(C2CCCCCC2)sc1CNC1CC1. The van der Waals surface area contributed by atoms with Gasteiger partial charge in [0.2, 0.25) is 0 Å². The Balaban J connectivity index is 1.70. The lowest BCUT2D eigenvalue weighted by molar-refractivity contribution is 0.587. The summed E-state index contributed by atoms with van der Waals surface area (Å²) in [6.07, 6.45) is 13.5. The Labute approximate surface area is 127 Å². The summed E-state index contributed by atoms with van der Waals surface area (Å²) >= 11 is 2.01. The number of aromatic nitrogens is 1. The van der Waals surface area contributed by atoms with Gasteiger partial charge in [0.05, 0.1) is 10.7 Å². The molecule has 0 amide bonds. The zero-order chi connectivity index (χ0) is 13.8. The summed E-state index contributed by atoms with van der Waals surface area (Å²) in [4.78, 5) is 6.57. The fourth-order valence-electron chi connectivity index (χ4n) is 3.20. The smallest absolute Gasteiger partial charge is 0.0962 e. The monoisotopic (exact) mass is 292 g/mol. The largest absolute Gasteiger partial charge is 0.309 e. The number of thiazole rings is 1. The third-order valence-corrected chi connectivity index (χ3v) is 5.87. The molecular formula is C17H28N2S. The van der Waals surface area contributed by atoms with Crippen LogP contribution in [0.4, 0.5) is 0 Å². The Morgan fingerprint density at radius 2 is 1.85 bits per heavy atom. The second-order valence-electron chi connectivity index (χ2n) is 6.52. The molecule has 0 aliphatic heterocycles. The van der Waals surface area contributed by atoms with Crippen LogP contribution in [-0.2, 0) is 13.0 Å². The molecule has 1 aromatic rings. The van der Waals surface area contributed by atoms with Gasteiger partial charge >= 0.3 is 0 Å². The van der Waals surface area contributed by atoms with E-state index in [4.69, 9.17) is 4.98 Å². The quantitative estimate of drug-likeness (QED) is 0.763. The summed E-state index contributed by atoms with van der Waals surface area (Å²) < 4.78 is 0. The minimum absolute atomic E-state index is 0.757. The summed E-state index contributed by atoms with van der Waals surface area (Å²) in [6.45, 7) is 3.33. The van der Waals surface area contributed by atoms with E-state index in [1.807, 2.05) is 11.3 Å². The van der Waals surface area contributed by atoms with Crippen LogP contribution < -0.4 is 5.32 Å². The molecule has 3 heteroatoms. The second kappa shape index (κ2) is 7.04. The third kappa shape index (κ3) is 3.82. The van der Waals surface area contributed by atoms with Crippen LogP contribution in [0.5, 0.6) is 0 Å². The van der Waals surface area contributed by atoms with Gasteiger partial charge in [-0.3, -0.25) is 0 Å². The van der Waals surface area contributed by atoms with Crippen molar-refractivity contribution in [3.63, 3.8) is 0 Å². The van der Waals surface area contributed by atoms with Crippen LogP contribution in [0.1, 0.15) is 86.2 Å². The van der Waals surface area contributed by atoms with Gasteiger partial charge in [-0.15, -0.1) is 11.3 Å². The molecule has 0 radical (unpaired) electrons. The number of aryl methyl sites for hydroxylation is 1. The van der Waals surface area contributed by atoms with Gasteiger partial charge in [-0.05, 0) is 32.1 Å². The van der Waals surface area contributed by atoms with E-state index in [1.54, 1.807) is 0 Å². The number of hydrogen-bond acceptors (Lipinski definition) is 3. The van der Waals surface area contributed by atoms with Gasteiger partial charge in [0.25, 0.3) is 0 Å². The van der Waals surface area contributed by atoms with Crippen molar-refractivity contribution >= 4 is 11.3 Å². The number of hydrogen-bond donors (Lipinski definition) is 1. The molecular weight excluding hydrogens is 264 g/mol. The van der Waals surface area contributed by atoms with E-state index in [-0.39, 0.29) is 0 Å². The Morgan fingerprint density at radius 1 is 1.10 bits per heavy atom. The topological polar surface area (TPSA) is 24.9 Å². The average Bonchev–Trinajstić information content (AvgIpc) is 3.24. The Hall–Kier alpha value is -0.410. The van der Waals surface area contributed by atoms with E-state index in [2.05, 4.69) is 12.2 Å². The summed E-state index contributed by atoms with van der Waals surface area (Å²) in [5.74, 6) is 0.757.